The molecule has 0 spiro atoms. The van der Waals surface area contributed by atoms with Crippen LogP contribution in [-0.4, -0.2) is 61.3 Å². The smallest absolute Gasteiger partial charge is 0.759 e. The standard InChI is InChI=1S/Ag.Bi.2H2O4S/c;;2*1-5(2,3)4/h;;2*(H2,1,2,3,4)/q+1;+3;;/p-4. The second-order valence-corrected chi connectivity index (χ2v) is 2.45. The minimum absolute atomic E-state index is 0. The first-order valence-electron chi connectivity index (χ1n) is 1.33. The molecular formula is AgBiO8S2. The average molecular weight is 509 g/mol. The molecule has 0 saturated carbocycles. The second kappa shape index (κ2) is 8.94. The largest absolute Gasteiger partial charge is 3.00 e. The molecule has 0 rings (SSSR count). The third-order valence-electron chi connectivity index (χ3n) is 0. The summed E-state index contributed by atoms with van der Waals surface area (Å²) >= 11 is 0. The van der Waals surface area contributed by atoms with E-state index in [-0.39, 0.29) is 48.6 Å². The topological polar surface area (TPSA) is 161 Å². The molecule has 0 saturated heterocycles. The first-order valence-corrected chi connectivity index (χ1v) is 4.00. The van der Waals surface area contributed by atoms with Crippen LogP contribution in [-0.2, 0) is 43.2 Å². The summed E-state index contributed by atoms with van der Waals surface area (Å²) in [6.07, 6.45) is 0. The van der Waals surface area contributed by atoms with Gasteiger partial charge in [-0.15, -0.1) is 0 Å². The molecule has 0 aromatic rings. The Balaban J connectivity index is -0.0000000457. The van der Waals surface area contributed by atoms with Gasteiger partial charge in [0.2, 0.25) is 0 Å². The van der Waals surface area contributed by atoms with Crippen molar-refractivity contribution < 1.29 is 57.4 Å². The van der Waals surface area contributed by atoms with Crippen LogP contribution >= 0.6 is 0 Å². The zero-order valence-corrected chi connectivity index (χ0v) is 11.4. The van der Waals surface area contributed by atoms with Crippen molar-refractivity contribution in [2.75, 3.05) is 0 Å². The molecule has 0 heterocycles. The Morgan fingerprint density at radius 1 is 0.667 bits per heavy atom. The maximum atomic E-state index is 8.52. The van der Waals surface area contributed by atoms with E-state index < -0.39 is 20.8 Å². The van der Waals surface area contributed by atoms with Crippen LogP contribution in [0.4, 0.5) is 0 Å². The fourth-order valence-corrected chi connectivity index (χ4v) is 0. The Morgan fingerprint density at radius 3 is 0.667 bits per heavy atom. The van der Waals surface area contributed by atoms with E-state index in [0.717, 1.165) is 0 Å². The van der Waals surface area contributed by atoms with Crippen LogP contribution in [0.5, 0.6) is 0 Å². The van der Waals surface area contributed by atoms with Gasteiger partial charge in [-0.3, -0.25) is 16.8 Å². The predicted molar refractivity (Wildman–Crippen MR) is 26.7 cm³/mol. The van der Waals surface area contributed by atoms with Crippen molar-refractivity contribution in [1.82, 2.24) is 0 Å². The molecule has 0 fully saturated rings. The summed E-state index contributed by atoms with van der Waals surface area (Å²) < 4.78 is 68.2. The van der Waals surface area contributed by atoms with Crippen molar-refractivity contribution in [2.45, 2.75) is 0 Å². The zero-order valence-electron chi connectivity index (χ0n) is 4.83. The van der Waals surface area contributed by atoms with Gasteiger partial charge in [0.15, 0.2) is 0 Å². The van der Waals surface area contributed by atoms with E-state index in [1.807, 2.05) is 0 Å². The Morgan fingerprint density at radius 2 is 0.667 bits per heavy atom. The van der Waals surface area contributed by atoms with Crippen LogP contribution in [0.3, 0.4) is 0 Å². The van der Waals surface area contributed by atoms with Gasteiger partial charge >= 0.3 is 48.6 Å². The molecule has 0 atom stereocenters. The molecule has 0 aliphatic rings. The van der Waals surface area contributed by atoms with E-state index in [4.69, 9.17) is 35.0 Å². The van der Waals surface area contributed by atoms with Crippen LogP contribution in [0.15, 0.2) is 0 Å². The molecule has 0 aromatic carbocycles. The Labute approximate surface area is 104 Å². The number of rotatable bonds is 0. The minimum atomic E-state index is -5.17. The molecule has 0 aromatic heterocycles. The van der Waals surface area contributed by atoms with Crippen LogP contribution in [0.1, 0.15) is 0 Å². The maximum absolute atomic E-state index is 8.52. The molecular weight excluding hydrogens is 509 g/mol. The molecule has 8 nitrogen and oxygen atoms in total. The van der Waals surface area contributed by atoms with Crippen molar-refractivity contribution in [1.29, 1.82) is 0 Å². The second-order valence-electron chi connectivity index (χ2n) is 0.816. The fraction of sp³-hybridized carbons (Fsp3) is 0. The fourth-order valence-electron chi connectivity index (χ4n) is 0. The van der Waals surface area contributed by atoms with E-state index in [1.54, 1.807) is 0 Å². The monoisotopic (exact) mass is 508 g/mol. The van der Waals surface area contributed by atoms with E-state index >= 15 is 0 Å². The van der Waals surface area contributed by atoms with Gasteiger partial charge in [-0.25, -0.2) is 0 Å². The molecule has 12 heteroatoms. The normalized spacial score (nSPS) is 9.67. The van der Waals surface area contributed by atoms with Crippen LogP contribution < -0.4 is 0 Å². The quantitative estimate of drug-likeness (QED) is 0.189. The van der Waals surface area contributed by atoms with Crippen molar-refractivity contribution >= 4 is 47.0 Å². The van der Waals surface area contributed by atoms with Gasteiger partial charge in [-0.05, 0) is 0 Å². The Bertz CT molecular complexity index is 213. The third kappa shape index (κ3) is 657. The molecule has 0 unspecified atom stereocenters. The van der Waals surface area contributed by atoms with Crippen molar-refractivity contribution in [2.24, 2.45) is 0 Å². The molecule has 0 amide bonds. The summed E-state index contributed by atoms with van der Waals surface area (Å²) in [7, 11) is -10.3. The van der Waals surface area contributed by atoms with E-state index in [9.17, 15) is 0 Å². The van der Waals surface area contributed by atoms with Crippen molar-refractivity contribution in [3.05, 3.63) is 0 Å². The van der Waals surface area contributed by atoms with Crippen LogP contribution in [0.2, 0.25) is 0 Å². The van der Waals surface area contributed by atoms with Gasteiger partial charge in [-0.1, -0.05) is 0 Å². The molecule has 0 N–H and O–H groups in total. The third-order valence-corrected chi connectivity index (χ3v) is 0. The van der Waals surface area contributed by atoms with Crippen LogP contribution in [0, 0.1) is 0 Å². The Hall–Kier alpha value is 1.36. The van der Waals surface area contributed by atoms with Gasteiger partial charge in [0.1, 0.15) is 0 Å². The van der Waals surface area contributed by atoms with Crippen LogP contribution in [0.25, 0.3) is 0 Å². The summed E-state index contributed by atoms with van der Waals surface area (Å²) in [4.78, 5) is 0. The summed E-state index contributed by atoms with van der Waals surface area (Å²) in [5.74, 6) is 0. The van der Waals surface area contributed by atoms with Gasteiger partial charge in [0, 0.05) is 20.8 Å². The number of hydrogen-bond acceptors (Lipinski definition) is 8. The first-order chi connectivity index (χ1) is 4.00. The molecule has 12 heavy (non-hydrogen) atoms. The zero-order chi connectivity index (χ0) is 9.00. The summed E-state index contributed by atoms with van der Waals surface area (Å²) in [5, 5.41) is 0. The summed E-state index contributed by atoms with van der Waals surface area (Å²) in [6, 6.07) is 0. The van der Waals surface area contributed by atoms with Gasteiger partial charge in [0.05, 0.1) is 0 Å². The molecule has 2 radical (unpaired) electrons. The minimum Gasteiger partial charge on any atom is -0.759 e. The predicted octanol–water partition coefficient (Wildman–Crippen LogP) is -3.06. The maximum Gasteiger partial charge on any atom is 3.00 e. The van der Waals surface area contributed by atoms with Crippen molar-refractivity contribution in [3.63, 3.8) is 0 Å². The van der Waals surface area contributed by atoms with Gasteiger partial charge in [0.25, 0.3) is 0 Å². The molecule has 0 aliphatic heterocycles. The average Bonchev–Trinajstić information content (AvgIpc) is 1.12. The van der Waals surface area contributed by atoms with Crippen molar-refractivity contribution in [3.8, 4) is 0 Å². The van der Waals surface area contributed by atoms with Gasteiger partial charge < -0.3 is 18.2 Å². The summed E-state index contributed by atoms with van der Waals surface area (Å²) in [6.45, 7) is 0. The van der Waals surface area contributed by atoms with Gasteiger partial charge in [-0.2, -0.15) is 0 Å². The molecule has 0 bridgehead atoms. The summed E-state index contributed by atoms with van der Waals surface area (Å²) in [5.41, 5.74) is 0. The Kier molecular flexibility index (Phi) is 17.4. The molecule has 0 aliphatic carbocycles. The van der Waals surface area contributed by atoms with E-state index in [2.05, 4.69) is 0 Å². The van der Waals surface area contributed by atoms with E-state index in [1.165, 1.54) is 0 Å². The molecule has 76 valence electrons. The SMILES string of the molecule is O=S(=O)([O-])[O-].O=S(=O)([O-])[O-].[Ag+].[Bi+3]. The first kappa shape index (κ1) is 23.3. The van der Waals surface area contributed by atoms with E-state index in [0.29, 0.717) is 0 Å². The number of hydrogen-bond donors (Lipinski definition) is 0.